The van der Waals surface area contributed by atoms with Crippen LogP contribution in [0.4, 0.5) is 5.13 Å². The van der Waals surface area contributed by atoms with Crippen molar-refractivity contribution in [3.63, 3.8) is 0 Å². The maximum absolute atomic E-state index is 12.7. The van der Waals surface area contributed by atoms with Crippen LogP contribution in [0.2, 0.25) is 0 Å². The minimum atomic E-state index is -0.854. The highest BCUT2D eigenvalue weighted by molar-refractivity contribution is 8.01. The van der Waals surface area contributed by atoms with Gasteiger partial charge in [0, 0.05) is 17.0 Å². The molecule has 0 aliphatic heterocycles. The van der Waals surface area contributed by atoms with E-state index in [4.69, 9.17) is 0 Å². The van der Waals surface area contributed by atoms with E-state index in [-0.39, 0.29) is 11.5 Å². The fourth-order valence-electron chi connectivity index (χ4n) is 3.39. The first-order valence-electron chi connectivity index (χ1n) is 9.89. The van der Waals surface area contributed by atoms with E-state index in [9.17, 15) is 10.1 Å². The van der Waals surface area contributed by atoms with Gasteiger partial charge in [0.25, 0.3) is 0 Å². The molecule has 30 heavy (non-hydrogen) atoms. The molecule has 1 aliphatic carbocycles. The molecule has 1 fully saturated rings. The molecule has 3 aromatic rings. The van der Waals surface area contributed by atoms with Gasteiger partial charge in [0.05, 0.1) is 17.5 Å². The zero-order valence-corrected chi connectivity index (χ0v) is 18.7. The van der Waals surface area contributed by atoms with Gasteiger partial charge in [0.1, 0.15) is 5.01 Å². The Bertz CT molecular complexity index is 1020. The average Bonchev–Trinajstić information content (AvgIpc) is 3.44. The van der Waals surface area contributed by atoms with Crippen molar-refractivity contribution in [3.05, 3.63) is 40.7 Å². The number of anilines is 1. The Morgan fingerprint density at radius 1 is 1.23 bits per heavy atom. The lowest BCUT2D eigenvalue weighted by Gasteiger charge is -2.21. The molecular weight excluding hydrogens is 434 g/mol. The van der Waals surface area contributed by atoms with Crippen LogP contribution < -0.4 is 5.32 Å². The second kappa shape index (κ2) is 10.2. The summed E-state index contributed by atoms with van der Waals surface area (Å²) in [6.45, 7) is 0. The van der Waals surface area contributed by atoms with Gasteiger partial charge in [-0.25, -0.2) is 4.98 Å². The number of nitrogens with one attached hydrogen (secondary N) is 1. The molecule has 154 valence electrons. The van der Waals surface area contributed by atoms with Crippen LogP contribution in [0.5, 0.6) is 0 Å². The van der Waals surface area contributed by atoms with Gasteiger partial charge in [0.2, 0.25) is 5.13 Å². The molecule has 0 amide bonds. The van der Waals surface area contributed by atoms with Crippen molar-refractivity contribution in [1.82, 2.24) is 15.2 Å². The number of nitriles is 1. The largest absolute Gasteiger partial charge is 0.357 e. The van der Waals surface area contributed by atoms with Crippen LogP contribution in [0.3, 0.4) is 0 Å². The van der Waals surface area contributed by atoms with Gasteiger partial charge in [-0.1, -0.05) is 72.7 Å². The standard InChI is InChI=1S/C21H21N5OS3/c22-11-16(19-24-17(12-28-19)14-7-3-1-4-8-14)18(27)13-29-21-26-25-20(30-21)23-15-9-5-2-6-10-15/h1,3-4,7-8,12,15-16H,2,5-6,9-10,13H2,(H,23,25). The zero-order chi connectivity index (χ0) is 20.8. The number of carbonyl (C=O) groups excluding carboxylic acids is 1. The lowest BCUT2D eigenvalue weighted by atomic mass is 9.96. The number of hydrogen-bond donors (Lipinski definition) is 1. The van der Waals surface area contributed by atoms with Crippen molar-refractivity contribution in [2.24, 2.45) is 0 Å². The third-order valence-corrected chi connectivity index (χ3v) is 7.89. The Morgan fingerprint density at radius 3 is 2.80 bits per heavy atom. The summed E-state index contributed by atoms with van der Waals surface area (Å²) in [5.41, 5.74) is 1.77. The van der Waals surface area contributed by atoms with E-state index in [1.54, 1.807) is 0 Å². The molecule has 1 aliphatic rings. The van der Waals surface area contributed by atoms with E-state index in [1.807, 2.05) is 35.7 Å². The smallest absolute Gasteiger partial charge is 0.206 e. The number of Topliss-reactive ketones (excluding diaryl/α,β-unsaturated/α-hetero) is 1. The Labute approximate surface area is 187 Å². The molecule has 1 aromatic carbocycles. The van der Waals surface area contributed by atoms with Gasteiger partial charge in [-0.05, 0) is 12.8 Å². The van der Waals surface area contributed by atoms with Crippen LogP contribution in [0, 0.1) is 11.3 Å². The lowest BCUT2D eigenvalue weighted by molar-refractivity contribution is -0.116. The van der Waals surface area contributed by atoms with Gasteiger partial charge in [-0.2, -0.15) is 5.26 Å². The number of benzene rings is 1. The summed E-state index contributed by atoms with van der Waals surface area (Å²) in [7, 11) is 0. The van der Waals surface area contributed by atoms with Crippen LogP contribution >= 0.6 is 34.4 Å². The summed E-state index contributed by atoms with van der Waals surface area (Å²) in [4.78, 5) is 17.2. The average molecular weight is 456 g/mol. The molecule has 1 unspecified atom stereocenters. The van der Waals surface area contributed by atoms with Crippen molar-refractivity contribution in [2.45, 2.75) is 48.4 Å². The summed E-state index contributed by atoms with van der Waals surface area (Å²) in [5.74, 6) is -0.836. The van der Waals surface area contributed by atoms with Crippen molar-refractivity contribution in [2.75, 3.05) is 11.1 Å². The van der Waals surface area contributed by atoms with Crippen LogP contribution in [0.15, 0.2) is 40.1 Å². The Kier molecular flexibility index (Phi) is 7.10. The Hall–Kier alpha value is -2.28. The van der Waals surface area contributed by atoms with Crippen LogP contribution in [-0.4, -0.2) is 32.8 Å². The fraction of sp³-hybridized carbons (Fsp3) is 0.381. The summed E-state index contributed by atoms with van der Waals surface area (Å²) >= 11 is 4.15. The molecule has 2 heterocycles. The topological polar surface area (TPSA) is 91.6 Å². The van der Waals surface area contributed by atoms with Gasteiger partial charge in [0.15, 0.2) is 16.0 Å². The van der Waals surface area contributed by atoms with Crippen LogP contribution in [-0.2, 0) is 4.79 Å². The van der Waals surface area contributed by atoms with Gasteiger partial charge >= 0.3 is 0 Å². The summed E-state index contributed by atoms with van der Waals surface area (Å²) in [6, 6.07) is 12.3. The second-order valence-electron chi connectivity index (χ2n) is 7.11. The van der Waals surface area contributed by atoms with Crippen molar-refractivity contribution in [1.29, 1.82) is 5.26 Å². The molecule has 2 aromatic heterocycles. The Morgan fingerprint density at radius 2 is 2.03 bits per heavy atom. The molecule has 1 N–H and O–H groups in total. The molecule has 0 radical (unpaired) electrons. The quantitative estimate of drug-likeness (QED) is 0.456. The number of rotatable bonds is 8. The second-order valence-corrected chi connectivity index (χ2v) is 10.2. The number of carbonyl (C=O) groups is 1. The van der Waals surface area contributed by atoms with Gasteiger partial charge in [-0.15, -0.1) is 21.5 Å². The van der Waals surface area contributed by atoms with Gasteiger partial charge < -0.3 is 5.32 Å². The highest BCUT2D eigenvalue weighted by Crippen LogP contribution is 2.31. The number of aromatic nitrogens is 3. The van der Waals surface area contributed by atoms with E-state index in [2.05, 4.69) is 26.6 Å². The maximum Gasteiger partial charge on any atom is 0.206 e. The molecular formula is C21H21N5OS3. The predicted octanol–water partition coefficient (Wildman–Crippen LogP) is 5.37. The van der Waals surface area contributed by atoms with Crippen LogP contribution in [0.1, 0.15) is 43.0 Å². The molecule has 0 spiro atoms. The van der Waals surface area contributed by atoms with Crippen molar-refractivity contribution >= 4 is 45.4 Å². The van der Waals surface area contributed by atoms with E-state index < -0.39 is 5.92 Å². The number of hydrogen-bond acceptors (Lipinski definition) is 9. The number of nitrogens with zero attached hydrogens (tertiary/aromatic N) is 4. The number of thioether (sulfide) groups is 1. The number of thiazole rings is 1. The van der Waals surface area contributed by atoms with Crippen molar-refractivity contribution < 1.29 is 4.79 Å². The van der Waals surface area contributed by atoms with E-state index >= 15 is 0 Å². The molecule has 9 heteroatoms. The predicted molar refractivity (Wildman–Crippen MR) is 122 cm³/mol. The van der Waals surface area contributed by atoms with E-state index in [0.717, 1.165) is 20.7 Å². The molecule has 1 atom stereocenters. The molecule has 0 saturated heterocycles. The maximum atomic E-state index is 12.7. The monoisotopic (exact) mass is 455 g/mol. The zero-order valence-electron chi connectivity index (χ0n) is 16.3. The van der Waals surface area contributed by atoms with E-state index in [0.29, 0.717) is 11.0 Å². The molecule has 6 nitrogen and oxygen atoms in total. The Balaban J connectivity index is 1.34. The SMILES string of the molecule is N#CC(C(=O)CSc1nnc(NC2CCCCC2)s1)c1nc(-c2ccccc2)cs1. The van der Waals surface area contributed by atoms with Gasteiger partial charge in [-0.3, -0.25) is 4.79 Å². The molecule has 1 saturated carbocycles. The first kappa shape index (κ1) is 21.0. The first-order chi connectivity index (χ1) is 14.7. The van der Waals surface area contributed by atoms with Crippen molar-refractivity contribution in [3.8, 4) is 17.3 Å². The van der Waals surface area contributed by atoms with Crippen LogP contribution in [0.25, 0.3) is 11.3 Å². The third-order valence-electron chi connectivity index (χ3n) is 4.97. The highest BCUT2D eigenvalue weighted by Gasteiger charge is 2.24. The lowest BCUT2D eigenvalue weighted by Crippen LogP contribution is -2.21. The minimum Gasteiger partial charge on any atom is -0.357 e. The fourth-order valence-corrected chi connectivity index (χ4v) is 6.02. The number of ketones is 1. The summed E-state index contributed by atoms with van der Waals surface area (Å²) < 4.78 is 0.738. The minimum absolute atomic E-state index is 0.159. The third kappa shape index (κ3) is 5.25. The first-order valence-corrected chi connectivity index (χ1v) is 12.6. The summed E-state index contributed by atoms with van der Waals surface area (Å²) in [6.07, 6.45) is 6.16. The van der Waals surface area contributed by atoms with E-state index in [1.165, 1.54) is 66.5 Å². The molecule has 0 bridgehead atoms. The summed E-state index contributed by atoms with van der Waals surface area (Å²) in [5, 5.41) is 24.6. The molecule has 4 rings (SSSR count). The normalized spacial score (nSPS) is 15.4. The highest BCUT2D eigenvalue weighted by atomic mass is 32.2.